The number of benzene rings is 2. The van der Waals surface area contributed by atoms with E-state index < -0.39 is 0 Å². The van der Waals surface area contributed by atoms with Crippen LogP contribution in [-0.2, 0) is 9.59 Å². The molecule has 0 saturated heterocycles. The molecule has 2 aromatic rings. The lowest BCUT2D eigenvalue weighted by Gasteiger charge is -2.18. The largest absolute Gasteiger partial charge is 0.495 e. The first-order valence-corrected chi connectivity index (χ1v) is 8.75. The van der Waals surface area contributed by atoms with Crippen molar-refractivity contribution in [2.24, 2.45) is 0 Å². The number of anilines is 1. The summed E-state index contributed by atoms with van der Waals surface area (Å²) in [5.74, 6) is 0.479. The molecule has 0 aliphatic rings. The lowest BCUT2D eigenvalue weighted by atomic mass is 10.1. The predicted octanol–water partition coefficient (Wildman–Crippen LogP) is 3.44. The van der Waals surface area contributed by atoms with E-state index in [0.29, 0.717) is 22.2 Å². The average molecular weight is 391 g/mol. The number of nitrogens with zero attached hydrogens (tertiary/aromatic N) is 1. The number of carbonyl (C=O) groups excluding carboxylic acids is 2. The standard InChI is InChI=1S/C20H23ClN2O4/c1-13-5-6-14(2)18(9-13)27-12-20(25)23(3)11-19(24)22-16-10-15(21)7-8-17(16)26-4/h5-10H,11-12H2,1-4H3,(H,22,24). The quantitative estimate of drug-likeness (QED) is 0.786. The van der Waals surface area contributed by atoms with Crippen LogP contribution >= 0.6 is 11.6 Å². The van der Waals surface area contributed by atoms with E-state index in [0.717, 1.165) is 11.1 Å². The first kappa shape index (κ1) is 20.6. The summed E-state index contributed by atoms with van der Waals surface area (Å²) in [6.45, 7) is 3.60. The van der Waals surface area contributed by atoms with Crippen molar-refractivity contribution in [1.29, 1.82) is 0 Å². The predicted molar refractivity (Wildman–Crippen MR) is 106 cm³/mol. The molecule has 2 amide bonds. The molecule has 0 aliphatic heterocycles. The Bertz CT molecular complexity index is 839. The van der Waals surface area contributed by atoms with Crippen molar-refractivity contribution in [3.05, 3.63) is 52.5 Å². The van der Waals surface area contributed by atoms with Gasteiger partial charge in [0.1, 0.15) is 11.5 Å². The lowest BCUT2D eigenvalue weighted by Crippen LogP contribution is -2.37. The zero-order valence-electron chi connectivity index (χ0n) is 15.8. The minimum Gasteiger partial charge on any atom is -0.495 e. The van der Waals surface area contributed by atoms with Crippen molar-refractivity contribution in [2.75, 3.05) is 32.6 Å². The van der Waals surface area contributed by atoms with Crippen LogP contribution in [0.15, 0.2) is 36.4 Å². The molecule has 2 rings (SSSR count). The van der Waals surface area contributed by atoms with Gasteiger partial charge in [0.15, 0.2) is 6.61 Å². The van der Waals surface area contributed by atoms with E-state index in [9.17, 15) is 9.59 Å². The number of hydrogen-bond acceptors (Lipinski definition) is 4. The second kappa shape index (κ2) is 9.28. The van der Waals surface area contributed by atoms with E-state index in [1.54, 1.807) is 25.2 Å². The van der Waals surface area contributed by atoms with Crippen LogP contribution in [0, 0.1) is 13.8 Å². The van der Waals surface area contributed by atoms with Gasteiger partial charge in [-0.1, -0.05) is 23.7 Å². The summed E-state index contributed by atoms with van der Waals surface area (Å²) in [5, 5.41) is 3.17. The molecule has 0 spiro atoms. The Morgan fingerprint density at radius 3 is 2.56 bits per heavy atom. The fourth-order valence-corrected chi connectivity index (χ4v) is 2.56. The third-order valence-corrected chi connectivity index (χ3v) is 4.17. The van der Waals surface area contributed by atoms with Gasteiger partial charge in [0, 0.05) is 12.1 Å². The van der Waals surface area contributed by atoms with Crippen molar-refractivity contribution < 1.29 is 19.1 Å². The van der Waals surface area contributed by atoms with E-state index in [2.05, 4.69) is 5.32 Å². The maximum atomic E-state index is 12.3. The Morgan fingerprint density at radius 2 is 1.85 bits per heavy atom. The molecule has 0 atom stereocenters. The molecule has 0 bridgehead atoms. The number of hydrogen-bond donors (Lipinski definition) is 1. The number of halogens is 1. The number of likely N-dealkylation sites (N-methyl/N-ethyl adjacent to an activating group) is 1. The van der Waals surface area contributed by atoms with Crippen LogP contribution < -0.4 is 14.8 Å². The van der Waals surface area contributed by atoms with E-state index in [-0.39, 0.29) is 25.0 Å². The number of aryl methyl sites for hydroxylation is 2. The Hall–Kier alpha value is -2.73. The molecule has 0 radical (unpaired) electrons. The third kappa shape index (κ3) is 5.89. The van der Waals surface area contributed by atoms with Crippen molar-refractivity contribution in [3.8, 4) is 11.5 Å². The highest BCUT2D eigenvalue weighted by atomic mass is 35.5. The van der Waals surface area contributed by atoms with Crippen LogP contribution in [0.1, 0.15) is 11.1 Å². The molecule has 0 heterocycles. The minimum absolute atomic E-state index is 0.120. The van der Waals surface area contributed by atoms with Crippen molar-refractivity contribution >= 4 is 29.1 Å². The van der Waals surface area contributed by atoms with Gasteiger partial charge in [-0.05, 0) is 49.2 Å². The Morgan fingerprint density at radius 1 is 1.11 bits per heavy atom. The van der Waals surface area contributed by atoms with Crippen LogP contribution in [-0.4, -0.2) is 44.0 Å². The van der Waals surface area contributed by atoms with E-state index in [4.69, 9.17) is 21.1 Å². The van der Waals surface area contributed by atoms with Gasteiger partial charge in [-0.2, -0.15) is 0 Å². The fraction of sp³-hybridized carbons (Fsp3) is 0.300. The van der Waals surface area contributed by atoms with E-state index >= 15 is 0 Å². The maximum absolute atomic E-state index is 12.3. The van der Waals surface area contributed by atoms with E-state index in [1.165, 1.54) is 12.0 Å². The minimum atomic E-state index is -0.363. The molecule has 27 heavy (non-hydrogen) atoms. The average Bonchev–Trinajstić information content (AvgIpc) is 2.62. The summed E-state index contributed by atoms with van der Waals surface area (Å²) >= 11 is 5.95. The van der Waals surface area contributed by atoms with Gasteiger partial charge in [-0.3, -0.25) is 9.59 Å². The highest BCUT2D eigenvalue weighted by Gasteiger charge is 2.16. The summed E-state index contributed by atoms with van der Waals surface area (Å²) in [6, 6.07) is 10.7. The molecule has 2 aromatic carbocycles. The van der Waals surface area contributed by atoms with Gasteiger partial charge >= 0.3 is 0 Å². The van der Waals surface area contributed by atoms with Gasteiger partial charge < -0.3 is 19.7 Å². The Labute approximate surface area is 164 Å². The first-order valence-electron chi connectivity index (χ1n) is 8.37. The monoisotopic (exact) mass is 390 g/mol. The third-order valence-electron chi connectivity index (χ3n) is 3.94. The fourth-order valence-electron chi connectivity index (χ4n) is 2.38. The summed E-state index contributed by atoms with van der Waals surface area (Å²) in [4.78, 5) is 25.8. The van der Waals surface area contributed by atoms with Gasteiger partial charge in [0.25, 0.3) is 5.91 Å². The molecule has 1 N–H and O–H groups in total. The first-order chi connectivity index (χ1) is 12.8. The molecule has 0 fully saturated rings. The van der Waals surface area contributed by atoms with Crippen molar-refractivity contribution in [2.45, 2.75) is 13.8 Å². The Balaban J connectivity index is 1.91. The summed E-state index contributed by atoms with van der Waals surface area (Å²) < 4.78 is 10.8. The van der Waals surface area contributed by atoms with Crippen LogP contribution in [0.2, 0.25) is 5.02 Å². The number of ether oxygens (including phenoxy) is 2. The zero-order chi connectivity index (χ0) is 20.0. The molecule has 0 saturated carbocycles. The van der Waals surface area contributed by atoms with Crippen LogP contribution in [0.4, 0.5) is 5.69 Å². The van der Waals surface area contributed by atoms with Crippen LogP contribution in [0.25, 0.3) is 0 Å². The van der Waals surface area contributed by atoms with Gasteiger partial charge in [-0.15, -0.1) is 0 Å². The molecule has 0 aliphatic carbocycles. The van der Waals surface area contributed by atoms with E-state index in [1.807, 2.05) is 32.0 Å². The number of nitrogens with one attached hydrogen (secondary N) is 1. The molecule has 7 heteroatoms. The highest BCUT2D eigenvalue weighted by Crippen LogP contribution is 2.27. The smallest absolute Gasteiger partial charge is 0.260 e. The number of amides is 2. The molecule has 144 valence electrons. The molecule has 0 aromatic heterocycles. The number of methoxy groups -OCH3 is 1. The lowest BCUT2D eigenvalue weighted by molar-refractivity contribution is -0.135. The van der Waals surface area contributed by atoms with Crippen LogP contribution in [0.5, 0.6) is 11.5 Å². The second-order valence-electron chi connectivity index (χ2n) is 6.20. The van der Waals surface area contributed by atoms with Crippen LogP contribution in [0.3, 0.4) is 0 Å². The molecule has 0 unspecified atom stereocenters. The number of rotatable bonds is 7. The van der Waals surface area contributed by atoms with Crippen molar-refractivity contribution in [3.63, 3.8) is 0 Å². The zero-order valence-corrected chi connectivity index (χ0v) is 16.6. The normalized spacial score (nSPS) is 10.3. The number of carbonyl (C=O) groups is 2. The highest BCUT2D eigenvalue weighted by molar-refractivity contribution is 6.31. The SMILES string of the molecule is COc1ccc(Cl)cc1NC(=O)CN(C)C(=O)COc1cc(C)ccc1C. The Kier molecular flexibility index (Phi) is 7.07. The summed E-state index contributed by atoms with van der Waals surface area (Å²) in [6.07, 6.45) is 0. The van der Waals surface area contributed by atoms with Gasteiger partial charge in [0.05, 0.1) is 19.3 Å². The summed E-state index contributed by atoms with van der Waals surface area (Å²) in [5.41, 5.74) is 2.44. The second-order valence-corrected chi connectivity index (χ2v) is 6.64. The van der Waals surface area contributed by atoms with Gasteiger partial charge in [-0.25, -0.2) is 0 Å². The van der Waals surface area contributed by atoms with Crippen molar-refractivity contribution in [1.82, 2.24) is 4.90 Å². The topological polar surface area (TPSA) is 67.9 Å². The molecular weight excluding hydrogens is 368 g/mol. The molecule has 6 nitrogen and oxygen atoms in total. The molecular formula is C20H23ClN2O4. The summed E-state index contributed by atoms with van der Waals surface area (Å²) in [7, 11) is 3.04. The maximum Gasteiger partial charge on any atom is 0.260 e. The van der Waals surface area contributed by atoms with Gasteiger partial charge in [0.2, 0.25) is 5.91 Å².